The molecule has 10 heteroatoms. The minimum absolute atomic E-state index is 0.0327. The number of esters is 2. The van der Waals surface area contributed by atoms with Crippen LogP contribution in [0.15, 0.2) is 12.2 Å². The molecule has 0 saturated heterocycles. The summed E-state index contributed by atoms with van der Waals surface area (Å²) in [6.07, 6.45) is 29.7. The summed E-state index contributed by atoms with van der Waals surface area (Å²) in [5.41, 5.74) is 0. The topological polar surface area (TPSA) is 108 Å². The number of unbranched alkanes of at least 4 members (excludes halogenated alkanes) is 19. The number of likely N-dealkylation sites (N-methyl/N-ethyl adjacent to an activating group) is 1. The van der Waals surface area contributed by atoms with Gasteiger partial charge in [-0.1, -0.05) is 129 Å². The quantitative estimate of drug-likeness (QED) is 0.0228. The standard InChI is InChI=1S/C38H74NO8P/c1-6-8-10-12-14-16-17-18-19-20-21-23-25-27-29-31-38(41)47-36(35-46-48(42,43)45-33-32-39(3,4)5)34-44-37(40)30-28-26-24-22-15-13-11-9-7-2/h18-19,36H,6-17,20-35H2,1-5H3/p+1. The Bertz CT molecular complexity index is 845. The summed E-state index contributed by atoms with van der Waals surface area (Å²) < 4.78 is 34.1. The SMILES string of the molecule is CCCCCCCCC=CCCCCCCCC(=O)OC(COC(=O)CCCCCCCCCCC)COP(=O)(O)OCC[N+](C)(C)C. The van der Waals surface area contributed by atoms with Crippen LogP contribution in [0.25, 0.3) is 0 Å². The van der Waals surface area contributed by atoms with Gasteiger partial charge >= 0.3 is 19.8 Å². The summed E-state index contributed by atoms with van der Waals surface area (Å²) in [6, 6.07) is 0. The summed E-state index contributed by atoms with van der Waals surface area (Å²) in [7, 11) is 1.48. The minimum Gasteiger partial charge on any atom is -0.462 e. The lowest BCUT2D eigenvalue weighted by atomic mass is 10.1. The molecular formula is C38H75NO8P+. The maximum absolute atomic E-state index is 12.6. The lowest BCUT2D eigenvalue weighted by Crippen LogP contribution is -2.37. The first-order valence-electron chi connectivity index (χ1n) is 19.4. The van der Waals surface area contributed by atoms with E-state index in [-0.39, 0.29) is 25.6 Å². The molecule has 2 atom stereocenters. The van der Waals surface area contributed by atoms with E-state index in [2.05, 4.69) is 26.0 Å². The Morgan fingerprint density at radius 3 is 1.54 bits per heavy atom. The van der Waals surface area contributed by atoms with Gasteiger partial charge in [-0.3, -0.25) is 18.6 Å². The lowest BCUT2D eigenvalue weighted by Gasteiger charge is -2.24. The van der Waals surface area contributed by atoms with Crippen LogP contribution < -0.4 is 0 Å². The molecule has 0 bridgehead atoms. The molecule has 2 unspecified atom stereocenters. The molecule has 0 aliphatic rings. The van der Waals surface area contributed by atoms with Gasteiger partial charge in [-0.2, -0.15) is 0 Å². The van der Waals surface area contributed by atoms with Crippen LogP contribution in [0, 0.1) is 0 Å². The third-order valence-corrected chi connectivity index (χ3v) is 9.28. The van der Waals surface area contributed by atoms with Crippen molar-refractivity contribution in [2.75, 3.05) is 47.5 Å². The van der Waals surface area contributed by atoms with Gasteiger partial charge in [0, 0.05) is 12.8 Å². The molecule has 0 aromatic heterocycles. The number of allylic oxidation sites excluding steroid dienone is 2. The molecule has 0 aromatic rings. The highest BCUT2D eigenvalue weighted by molar-refractivity contribution is 7.47. The van der Waals surface area contributed by atoms with Crippen LogP contribution in [0.1, 0.15) is 168 Å². The number of carbonyl (C=O) groups is 2. The third-order valence-electron chi connectivity index (χ3n) is 8.30. The predicted octanol–water partition coefficient (Wildman–Crippen LogP) is 10.2. The molecule has 0 radical (unpaired) electrons. The normalized spacial score (nSPS) is 13.9. The zero-order valence-corrected chi connectivity index (χ0v) is 32.6. The highest BCUT2D eigenvalue weighted by Gasteiger charge is 2.27. The zero-order valence-electron chi connectivity index (χ0n) is 31.7. The minimum atomic E-state index is -4.36. The second kappa shape index (κ2) is 31.7. The molecular weight excluding hydrogens is 629 g/mol. The number of carbonyl (C=O) groups excluding carboxylic acids is 2. The van der Waals surface area contributed by atoms with Crippen LogP contribution in [-0.2, 0) is 32.7 Å². The van der Waals surface area contributed by atoms with Gasteiger partial charge in [-0.15, -0.1) is 0 Å². The second-order valence-corrected chi connectivity index (χ2v) is 15.8. The van der Waals surface area contributed by atoms with Gasteiger partial charge in [0.25, 0.3) is 0 Å². The average molecular weight is 705 g/mol. The number of hydrogen-bond acceptors (Lipinski definition) is 7. The molecule has 0 heterocycles. The average Bonchev–Trinajstić information content (AvgIpc) is 3.02. The Kier molecular flexibility index (Phi) is 30.9. The van der Waals surface area contributed by atoms with Crippen molar-refractivity contribution in [1.29, 1.82) is 0 Å². The highest BCUT2D eigenvalue weighted by Crippen LogP contribution is 2.43. The molecule has 0 aromatic carbocycles. The number of phosphoric ester groups is 1. The second-order valence-electron chi connectivity index (χ2n) is 14.3. The van der Waals surface area contributed by atoms with Crippen LogP contribution >= 0.6 is 7.82 Å². The Morgan fingerprint density at radius 2 is 1.06 bits per heavy atom. The molecule has 0 saturated carbocycles. The number of quaternary nitrogens is 1. The predicted molar refractivity (Wildman–Crippen MR) is 197 cm³/mol. The van der Waals surface area contributed by atoms with Crippen LogP contribution in [0.2, 0.25) is 0 Å². The van der Waals surface area contributed by atoms with E-state index in [1.165, 1.54) is 83.5 Å². The van der Waals surface area contributed by atoms with Gasteiger partial charge in [0.05, 0.1) is 27.7 Å². The molecule has 48 heavy (non-hydrogen) atoms. The highest BCUT2D eigenvalue weighted by atomic mass is 31.2. The third kappa shape index (κ3) is 34.6. The van der Waals surface area contributed by atoms with Gasteiger partial charge in [-0.25, -0.2) is 4.57 Å². The number of phosphoric acid groups is 1. The number of hydrogen-bond donors (Lipinski definition) is 1. The van der Waals surface area contributed by atoms with Gasteiger partial charge in [0.15, 0.2) is 6.10 Å². The molecule has 0 fully saturated rings. The van der Waals surface area contributed by atoms with Crippen molar-refractivity contribution < 1.29 is 42.1 Å². The largest absolute Gasteiger partial charge is 0.472 e. The first-order valence-corrected chi connectivity index (χ1v) is 20.9. The van der Waals surface area contributed by atoms with E-state index >= 15 is 0 Å². The van der Waals surface area contributed by atoms with Crippen molar-refractivity contribution in [2.24, 2.45) is 0 Å². The maximum atomic E-state index is 12.6. The Morgan fingerprint density at radius 1 is 0.625 bits per heavy atom. The molecule has 0 spiro atoms. The molecule has 0 amide bonds. The number of ether oxygens (including phenoxy) is 2. The van der Waals surface area contributed by atoms with Crippen molar-refractivity contribution >= 4 is 19.8 Å². The van der Waals surface area contributed by atoms with Gasteiger partial charge in [0.2, 0.25) is 0 Å². The van der Waals surface area contributed by atoms with Crippen LogP contribution in [0.4, 0.5) is 0 Å². The van der Waals surface area contributed by atoms with E-state index in [4.69, 9.17) is 18.5 Å². The summed E-state index contributed by atoms with van der Waals surface area (Å²) >= 11 is 0. The van der Waals surface area contributed by atoms with Crippen molar-refractivity contribution in [2.45, 2.75) is 174 Å². The van der Waals surface area contributed by atoms with E-state index in [9.17, 15) is 19.0 Å². The molecule has 284 valence electrons. The Balaban J connectivity index is 4.42. The van der Waals surface area contributed by atoms with E-state index in [1.807, 2.05) is 21.1 Å². The van der Waals surface area contributed by atoms with Crippen LogP contribution in [-0.4, -0.2) is 74.9 Å². The summed E-state index contributed by atoms with van der Waals surface area (Å²) in [4.78, 5) is 35.1. The Labute approximate surface area is 295 Å². The summed E-state index contributed by atoms with van der Waals surface area (Å²) in [5, 5.41) is 0. The van der Waals surface area contributed by atoms with Crippen molar-refractivity contribution in [1.82, 2.24) is 0 Å². The van der Waals surface area contributed by atoms with Crippen LogP contribution in [0.3, 0.4) is 0 Å². The number of nitrogens with zero attached hydrogens (tertiary/aromatic N) is 1. The Hall–Kier alpha value is -1.25. The maximum Gasteiger partial charge on any atom is 0.472 e. The van der Waals surface area contributed by atoms with E-state index in [0.717, 1.165) is 51.4 Å². The van der Waals surface area contributed by atoms with E-state index < -0.39 is 26.5 Å². The van der Waals surface area contributed by atoms with Crippen molar-refractivity contribution in [3.8, 4) is 0 Å². The van der Waals surface area contributed by atoms with Gasteiger partial charge in [-0.05, 0) is 38.5 Å². The lowest BCUT2D eigenvalue weighted by molar-refractivity contribution is -0.870. The fraction of sp³-hybridized carbons (Fsp3) is 0.895. The summed E-state index contributed by atoms with van der Waals surface area (Å²) in [5.74, 6) is -0.808. The number of rotatable bonds is 35. The zero-order chi connectivity index (χ0) is 35.8. The summed E-state index contributed by atoms with van der Waals surface area (Å²) in [6.45, 7) is 4.38. The van der Waals surface area contributed by atoms with Crippen LogP contribution in [0.5, 0.6) is 0 Å². The van der Waals surface area contributed by atoms with E-state index in [0.29, 0.717) is 23.9 Å². The molecule has 0 aliphatic heterocycles. The van der Waals surface area contributed by atoms with Gasteiger partial charge < -0.3 is 18.9 Å². The monoisotopic (exact) mass is 705 g/mol. The molecule has 1 N–H and O–H groups in total. The molecule has 0 rings (SSSR count). The molecule has 0 aliphatic carbocycles. The molecule has 9 nitrogen and oxygen atoms in total. The first-order chi connectivity index (χ1) is 23.0. The fourth-order valence-electron chi connectivity index (χ4n) is 5.18. The van der Waals surface area contributed by atoms with Crippen molar-refractivity contribution in [3.05, 3.63) is 12.2 Å². The fourth-order valence-corrected chi connectivity index (χ4v) is 5.93. The smallest absolute Gasteiger partial charge is 0.462 e. The van der Waals surface area contributed by atoms with E-state index in [1.54, 1.807) is 0 Å². The van der Waals surface area contributed by atoms with Crippen molar-refractivity contribution in [3.63, 3.8) is 0 Å². The first kappa shape index (κ1) is 46.8. The van der Waals surface area contributed by atoms with Gasteiger partial charge in [0.1, 0.15) is 19.8 Å².